The molecule has 1 amide bonds. The van der Waals surface area contributed by atoms with Crippen molar-refractivity contribution in [3.05, 3.63) is 79.4 Å². The zero-order valence-corrected chi connectivity index (χ0v) is 20.7. The minimum Gasteiger partial charge on any atom is -0.460 e. The van der Waals surface area contributed by atoms with Crippen molar-refractivity contribution in [2.45, 2.75) is 13.2 Å². The topological polar surface area (TPSA) is 102 Å². The van der Waals surface area contributed by atoms with E-state index in [0.717, 1.165) is 22.6 Å². The summed E-state index contributed by atoms with van der Waals surface area (Å²) in [5, 5.41) is 4.36. The van der Waals surface area contributed by atoms with Crippen molar-refractivity contribution in [3.63, 3.8) is 0 Å². The van der Waals surface area contributed by atoms with Crippen molar-refractivity contribution < 1.29 is 38.0 Å². The number of carbonyl (C=O) groups is 2. The number of esters is 1. The van der Waals surface area contributed by atoms with E-state index in [9.17, 15) is 9.59 Å². The minimum atomic E-state index is -0.583. The molecule has 0 bridgehead atoms. The normalized spacial score (nSPS) is 11.4. The fraction of sp³-hybridized carbons (Fsp3) is 0.286. The smallest absolute Gasteiger partial charge is 0.412 e. The summed E-state index contributed by atoms with van der Waals surface area (Å²) < 4.78 is 32.6. The Kier molecular flexibility index (Phi) is 11.2. The van der Waals surface area contributed by atoms with Crippen molar-refractivity contribution >= 4 is 22.8 Å². The number of amides is 1. The van der Waals surface area contributed by atoms with Crippen molar-refractivity contribution in [2.24, 2.45) is 0 Å². The third-order valence-electron chi connectivity index (χ3n) is 4.89. The summed E-state index contributed by atoms with van der Waals surface area (Å²) in [5.74, 6) is 1.30. The average Bonchev–Trinajstić information content (AvgIpc) is 2.90. The van der Waals surface area contributed by atoms with Gasteiger partial charge in [-0.05, 0) is 41.8 Å². The highest BCUT2D eigenvalue weighted by Gasteiger charge is 2.11. The lowest BCUT2D eigenvalue weighted by Gasteiger charge is -2.18. The molecule has 1 unspecified atom stereocenters. The van der Waals surface area contributed by atoms with Crippen LogP contribution in [0.4, 0.5) is 4.79 Å². The number of fused-ring (bicyclic) bond motifs is 1. The second-order valence-corrected chi connectivity index (χ2v) is 7.67. The Hall–Kier alpha value is -4.08. The summed E-state index contributed by atoms with van der Waals surface area (Å²) in [6.45, 7) is 6.82. The number of benzene rings is 3. The standard InChI is InChI=1S/C28H31NO8/c1-3-27(30)34-19-18-33-17-16-32-15-14-29-28(31)37-24-12-13-25-22(20-24)8-7-11-26(25)36-21(2)35-23-9-5-4-6-10-23/h3-13,20-21H,1,14-19H2,2H3,(H,29,31). The first-order valence-corrected chi connectivity index (χ1v) is 11.9. The van der Waals surface area contributed by atoms with E-state index in [1.807, 2.05) is 61.5 Å². The molecule has 0 heterocycles. The van der Waals surface area contributed by atoms with Gasteiger partial charge in [0.2, 0.25) is 6.29 Å². The van der Waals surface area contributed by atoms with Crippen LogP contribution in [-0.2, 0) is 19.0 Å². The molecule has 9 nitrogen and oxygen atoms in total. The van der Waals surface area contributed by atoms with Crippen LogP contribution in [0.2, 0.25) is 0 Å². The molecule has 0 saturated carbocycles. The van der Waals surface area contributed by atoms with E-state index in [4.69, 9.17) is 28.4 Å². The van der Waals surface area contributed by atoms with Crippen LogP contribution in [0.3, 0.4) is 0 Å². The summed E-state index contributed by atoms with van der Waals surface area (Å²) >= 11 is 0. The van der Waals surface area contributed by atoms with E-state index in [-0.39, 0.29) is 19.8 Å². The average molecular weight is 510 g/mol. The fourth-order valence-corrected chi connectivity index (χ4v) is 3.24. The largest absolute Gasteiger partial charge is 0.460 e. The number of para-hydroxylation sites is 1. The predicted octanol–water partition coefficient (Wildman–Crippen LogP) is 4.49. The quantitative estimate of drug-likeness (QED) is 0.138. The minimum absolute atomic E-state index is 0.156. The molecule has 0 aliphatic heterocycles. The molecule has 9 heteroatoms. The van der Waals surface area contributed by atoms with Crippen LogP contribution in [0.15, 0.2) is 79.4 Å². The van der Waals surface area contributed by atoms with Crippen LogP contribution in [0, 0.1) is 0 Å². The fourth-order valence-electron chi connectivity index (χ4n) is 3.24. The molecule has 0 aliphatic rings. The van der Waals surface area contributed by atoms with Crippen molar-refractivity contribution in [3.8, 4) is 17.2 Å². The van der Waals surface area contributed by atoms with Gasteiger partial charge in [-0.3, -0.25) is 0 Å². The Balaban J connectivity index is 1.37. The second-order valence-electron chi connectivity index (χ2n) is 7.67. The van der Waals surface area contributed by atoms with Gasteiger partial charge in [-0.15, -0.1) is 0 Å². The maximum Gasteiger partial charge on any atom is 0.412 e. The molecule has 196 valence electrons. The van der Waals surface area contributed by atoms with Crippen LogP contribution < -0.4 is 19.5 Å². The third-order valence-corrected chi connectivity index (χ3v) is 4.89. The molecule has 3 aromatic rings. The zero-order chi connectivity index (χ0) is 26.3. The second kappa shape index (κ2) is 15.1. The maximum atomic E-state index is 12.1. The zero-order valence-electron chi connectivity index (χ0n) is 20.7. The molecule has 1 N–H and O–H groups in total. The Morgan fingerprint density at radius 1 is 0.865 bits per heavy atom. The molecule has 3 rings (SSSR count). The van der Waals surface area contributed by atoms with Gasteiger partial charge in [0.1, 0.15) is 23.9 Å². The first-order valence-electron chi connectivity index (χ1n) is 11.9. The van der Waals surface area contributed by atoms with Gasteiger partial charge in [0, 0.05) is 24.9 Å². The van der Waals surface area contributed by atoms with E-state index in [2.05, 4.69) is 11.9 Å². The number of nitrogens with one attached hydrogen (secondary N) is 1. The lowest BCUT2D eigenvalue weighted by Crippen LogP contribution is -2.30. The summed E-state index contributed by atoms with van der Waals surface area (Å²) in [7, 11) is 0. The van der Waals surface area contributed by atoms with Gasteiger partial charge in [0.25, 0.3) is 0 Å². The molecule has 0 aromatic heterocycles. The third kappa shape index (κ3) is 9.83. The first-order chi connectivity index (χ1) is 18.0. The Morgan fingerprint density at radius 3 is 2.41 bits per heavy atom. The van der Waals surface area contributed by atoms with Crippen LogP contribution in [0.25, 0.3) is 10.8 Å². The highest BCUT2D eigenvalue weighted by atomic mass is 16.7. The summed E-state index contributed by atoms with van der Waals surface area (Å²) in [6, 6.07) is 20.4. The van der Waals surface area contributed by atoms with Crippen LogP contribution in [-0.4, -0.2) is 57.9 Å². The van der Waals surface area contributed by atoms with E-state index in [0.29, 0.717) is 31.3 Å². The van der Waals surface area contributed by atoms with Gasteiger partial charge in [-0.2, -0.15) is 0 Å². The molecule has 0 spiro atoms. The van der Waals surface area contributed by atoms with Gasteiger partial charge < -0.3 is 33.7 Å². The number of carbonyl (C=O) groups excluding carboxylic acids is 2. The molecule has 0 fully saturated rings. The van der Waals surface area contributed by atoms with Gasteiger partial charge in [-0.25, -0.2) is 9.59 Å². The predicted molar refractivity (Wildman–Crippen MR) is 138 cm³/mol. The monoisotopic (exact) mass is 509 g/mol. The Morgan fingerprint density at radius 2 is 1.62 bits per heavy atom. The van der Waals surface area contributed by atoms with Gasteiger partial charge in [-0.1, -0.05) is 36.9 Å². The van der Waals surface area contributed by atoms with Crippen LogP contribution in [0.1, 0.15) is 6.92 Å². The van der Waals surface area contributed by atoms with Crippen molar-refractivity contribution in [1.29, 1.82) is 0 Å². The van der Waals surface area contributed by atoms with E-state index in [1.54, 1.807) is 12.1 Å². The van der Waals surface area contributed by atoms with E-state index >= 15 is 0 Å². The highest BCUT2D eigenvalue weighted by molar-refractivity contribution is 5.90. The summed E-state index contributed by atoms with van der Waals surface area (Å²) in [6.07, 6.45) is 0.0168. The summed E-state index contributed by atoms with van der Waals surface area (Å²) in [5.41, 5.74) is 0. The number of ether oxygens (including phenoxy) is 6. The molecule has 1 atom stereocenters. The SMILES string of the molecule is C=CC(=O)OCCOCCOCCNC(=O)Oc1ccc2c(OC(C)Oc3ccccc3)cccc2c1. The molecular formula is C28H31NO8. The van der Waals surface area contributed by atoms with E-state index < -0.39 is 18.4 Å². The maximum absolute atomic E-state index is 12.1. The van der Waals surface area contributed by atoms with Crippen LogP contribution >= 0.6 is 0 Å². The first kappa shape index (κ1) is 27.5. The molecule has 0 radical (unpaired) electrons. The highest BCUT2D eigenvalue weighted by Crippen LogP contribution is 2.30. The van der Waals surface area contributed by atoms with Crippen molar-refractivity contribution in [2.75, 3.05) is 39.6 Å². The molecular weight excluding hydrogens is 478 g/mol. The molecule has 3 aromatic carbocycles. The number of hydrogen-bond acceptors (Lipinski definition) is 8. The lowest BCUT2D eigenvalue weighted by molar-refractivity contribution is -0.139. The van der Waals surface area contributed by atoms with Gasteiger partial charge in [0.05, 0.1) is 26.4 Å². The Labute approximate surface area is 215 Å². The van der Waals surface area contributed by atoms with Gasteiger partial charge in [0.15, 0.2) is 0 Å². The summed E-state index contributed by atoms with van der Waals surface area (Å²) in [4.78, 5) is 23.0. The molecule has 0 aliphatic carbocycles. The number of hydrogen-bond donors (Lipinski definition) is 1. The van der Waals surface area contributed by atoms with Crippen LogP contribution in [0.5, 0.6) is 17.2 Å². The van der Waals surface area contributed by atoms with Gasteiger partial charge >= 0.3 is 12.1 Å². The van der Waals surface area contributed by atoms with Crippen molar-refractivity contribution in [1.82, 2.24) is 5.32 Å². The van der Waals surface area contributed by atoms with E-state index in [1.165, 1.54) is 0 Å². The number of rotatable bonds is 15. The lowest BCUT2D eigenvalue weighted by atomic mass is 10.1. The molecule has 0 saturated heterocycles. The molecule has 37 heavy (non-hydrogen) atoms. The Bertz CT molecular complexity index is 1150.